The van der Waals surface area contributed by atoms with Crippen molar-refractivity contribution in [2.45, 2.75) is 13.3 Å². The quantitative estimate of drug-likeness (QED) is 0.346. The van der Waals surface area contributed by atoms with Crippen LogP contribution in [0.3, 0.4) is 0 Å². The number of amides is 1. The second kappa shape index (κ2) is 8.49. The highest BCUT2D eigenvalue weighted by atomic mass is 16.6. The number of nitrogens with zero attached hydrogens (tertiary/aromatic N) is 2. The van der Waals surface area contributed by atoms with Crippen molar-refractivity contribution >= 4 is 34.1 Å². The Hall–Kier alpha value is -3.46. The first-order valence-electron chi connectivity index (χ1n) is 8.74. The molecule has 0 fully saturated rings. The summed E-state index contributed by atoms with van der Waals surface area (Å²) >= 11 is 0. The van der Waals surface area contributed by atoms with Crippen LogP contribution in [0.2, 0.25) is 0 Å². The van der Waals surface area contributed by atoms with Crippen molar-refractivity contribution in [1.82, 2.24) is 4.98 Å². The van der Waals surface area contributed by atoms with E-state index in [1.807, 2.05) is 6.92 Å². The molecule has 146 valence electrons. The van der Waals surface area contributed by atoms with Crippen LogP contribution in [0.15, 0.2) is 40.8 Å². The van der Waals surface area contributed by atoms with Gasteiger partial charge in [-0.25, -0.2) is 4.98 Å². The number of hydrogen-bond acceptors (Lipinski definition) is 7. The molecule has 0 saturated heterocycles. The number of nitro benzene ring substituents is 1. The number of nitrogens with one attached hydrogen (secondary N) is 2. The maximum Gasteiger partial charge on any atom is 0.293 e. The van der Waals surface area contributed by atoms with Crippen LogP contribution in [0.1, 0.15) is 23.2 Å². The van der Waals surface area contributed by atoms with Crippen molar-refractivity contribution in [2.24, 2.45) is 0 Å². The average molecular weight is 384 g/mol. The van der Waals surface area contributed by atoms with Crippen LogP contribution in [0.5, 0.6) is 0 Å². The molecule has 0 radical (unpaired) electrons. The van der Waals surface area contributed by atoms with Crippen molar-refractivity contribution in [1.29, 1.82) is 0 Å². The van der Waals surface area contributed by atoms with Gasteiger partial charge in [0.2, 0.25) is 0 Å². The van der Waals surface area contributed by atoms with Gasteiger partial charge in [0.05, 0.1) is 11.5 Å². The van der Waals surface area contributed by atoms with Crippen molar-refractivity contribution in [3.8, 4) is 0 Å². The summed E-state index contributed by atoms with van der Waals surface area (Å²) in [5.41, 5.74) is 2.13. The van der Waals surface area contributed by atoms with E-state index in [1.54, 1.807) is 25.3 Å². The Bertz CT molecular complexity index is 1010. The van der Waals surface area contributed by atoms with Crippen LogP contribution in [0, 0.1) is 10.1 Å². The maximum absolute atomic E-state index is 12.5. The zero-order valence-corrected chi connectivity index (χ0v) is 15.5. The number of aromatic nitrogens is 1. The number of aryl methyl sites for hydroxylation is 1. The molecule has 1 amide bonds. The molecule has 9 nitrogen and oxygen atoms in total. The second-order valence-electron chi connectivity index (χ2n) is 6.01. The predicted octanol–water partition coefficient (Wildman–Crippen LogP) is 3.61. The minimum absolute atomic E-state index is 0.178. The van der Waals surface area contributed by atoms with Gasteiger partial charge in [-0.05, 0) is 30.3 Å². The number of benzene rings is 2. The molecule has 3 rings (SSSR count). The number of nitro groups is 1. The van der Waals surface area contributed by atoms with E-state index in [0.29, 0.717) is 47.9 Å². The van der Waals surface area contributed by atoms with E-state index < -0.39 is 10.8 Å². The van der Waals surface area contributed by atoms with E-state index in [4.69, 9.17) is 9.15 Å². The number of methoxy groups -OCH3 is 1. The third-order valence-electron chi connectivity index (χ3n) is 4.07. The summed E-state index contributed by atoms with van der Waals surface area (Å²) in [4.78, 5) is 27.7. The first kappa shape index (κ1) is 19.3. The lowest BCUT2D eigenvalue weighted by molar-refractivity contribution is -0.384. The first-order valence-corrected chi connectivity index (χ1v) is 8.74. The largest absolute Gasteiger partial charge is 0.441 e. The summed E-state index contributed by atoms with van der Waals surface area (Å²) in [5, 5.41) is 17.0. The van der Waals surface area contributed by atoms with Crippen molar-refractivity contribution in [3.63, 3.8) is 0 Å². The van der Waals surface area contributed by atoms with Gasteiger partial charge in [-0.2, -0.15) is 0 Å². The molecule has 0 aliphatic heterocycles. The summed E-state index contributed by atoms with van der Waals surface area (Å²) in [6, 6.07) is 9.40. The van der Waals surface area contributed by atoms with Gasteiger partial charge in [0.15, 0.2) is 11.5 Å². The normalized spacial score (nSPS) is 10.8. The Morgan fingerprint density at radius 1 is 1.29 bits per heavy atom. The highest BCUT2D eigenvalue weighted by Gasteiger charge is 2.18. The van der Waals surface area contributed by atoms with Crippen LogP contribution in [-0.4, -0.2) is 36.1 Å². The van der Waals surface area contributed by atoms with Crippen molar-refractivity contribution in [2.75, 3.05) is 30.9 Å². The minimum Gasteiger partial charge on any atom is -0.441 e. The predicted molar refractivity (Wildman–Crippen MR) is 105 cm³/mol. The zero-order chi connectivity index (χ0) is 20.1. The highest BCUT2D eigenvalue weighted by Crippen LogP contribution is 2.26. The molecule has 0 unspecified atom stereocenters. The molecule has 0 bridgehead atoms. The average Bonchev–Trinajstić information content (AvgIpc) is 3.10. The lowest BCUT2D eigenvalue weighted by atomic mass is 10.1. The molecule has 3 aromatic rings. The fourth-order valence-corrected chi connectivity index (χ4v) is 2.67. The Morgan fingerprint density at radius 3 is 2.82 bits per heavy atom. The Labute approximate surface area is 160 Å². The lowest BCUT2D eigenvalue weighted by Crippen LogP contribution is -2.13. The van der Waals surface area contributed by atoms with Gasteiger partial charge in [-0.15, -0.1) is 0 Å². The van der Waals surface area contributed by atoms with E-state index in [-0.39, 0.29) is 11.3 Å². The van der Waals surface area contributed by atoms with E-state index in [2.05, 4.69) is 15.6 Å². The number of anilines is 2. The molecular formula is C19H20N4O5. The fourth-order valence-electron chi connectivity index (χ4n) is 2.67. The van der Waals surface area contributed by atoms with Gasteiger partial charge in [0.1, 0.15) is 11.2 Å². The number of ether oxygens (including phenoxy) is 1. The van der Waals surface area contributed by atoms with E-state index in [0.717, 1.165) is 0 Å². The molecule has 0 spiro atoms. The summed E-state index contributed by atoms with van der Waals surface area (Å²) in [6.07, 6.45) is 0.671. The lowest BCUT2D eigenvalue weighted by Gasteiger charge is -2.09. The van der Waals surface area contributed by atoms with Crippen molar-refractivity contribution in [3.05, 3.63) is 58.0 Å². The molecule has 1 heterocycles. The summed E-state index contributed by atoms with van der Waals surface area (Å²) in [5.74, 6) is 0.163. The Kier molecular flexibility index (Phi) is 5.85. The molecule has 1 aromatic heterocycles. The zero-order valence-electron chi connectivity index (χ0n) is 15.5. The van der Waals surface area contributed by atoms with Crippen LogP contribution >= 0.6 is 0 Å². The first-order chi connectivity index (χ1) is 13.5. The van der Waals surface area contributed by atoms with Gasteiger partial charge >= 0.3 is 0 Å². The van der Waals surface area contributed by atoms with Crippen LogP contribution in [-0.2, 0) is 11.2 Å². The topological polar surface area (TPSA) is 120 Å². The Morgan fingerprint density at radius 2 is 2.11 bits per heavy atom. The van der Waals surface area contributed by atoms with Crippen molar-refractivity contribution < 1.29 is 18.9 Å². The van der Waals surface area contributed by atoms with E-state index in [1.165, 1.54) is 18.2 Å². The standard InChI is InChI=1S/C19H20N4O5/c1-3-18-22-15-11-13(5-7-17(15)28-18)21-19(24)12-4-6-14(20-8-9-27-2)16(10-12)23(25)26/h4-7,10-11,20H,3,8-9H2,1-2H3,(H,21,24). The molecule has 9 heteroatoms. The number of carbonyl (C=O) groups is 1. The molecule has 0 aliphatic carbocycles. The molecule has 2 aromatic carbocycles. The fraction of sp³-hybridized carbons (Fsp3) is 0.263. The van der Waals surface area contributed by atoms with Gasteiger partial charge in [-0.3, -0.25) is 14.9 Å². The van der Waals surface area contributed by atoms with Crippen LogP contribution < -0.4 is 10.6 Å². The van der Waals surface area contributed by atoms with Gasteiger partial charge in [0.25, 0.3) is 11.6 Å². The molecule has 0 saturated carbocycles. The number of hydrogen-bond donors (Lipinski definition) is 2. The number of carbonyl (C=O) groups excluding carboxylic acids is 1. The van der Waals surface area contributed by atoms with E-state index >= 15 is 0 Å². The SMILES string of the molecule is CCc1nc2cc(NC(=O)c3ccc(NCCOC)c([N+](=O)[O-])c3)ccc2o1. The Balaban J connectivity index is 1.79. The number of rotatable bonds is 8. The molecule has 2 N–H and O–H groups in total. The van der Waals surface area contributed by atoms with Crippen LogP contribution in [0.4, 0.5) is 17.1 Å². The van der Waals surface area contributed by atoms with Gasteiger partial charge < -0.3 is 19.8 Å². The number of fused-ring (bicyclic) bond motifs is 1. The van der Waals surface area contributed by atoms with Crippen LogP contribution in [0.25, 0.3) is 11.1 Å². The summed E-state index contributed by atoms with van der Waals surface area (Å²) in [6.45, 7) is 2.76. The smallest absolute Gasteiger partial charge is 0.293 e. The molecule has 0 atom stereocenters. The highest BCUT2D eigenvalue weighted by molar-refractivity contribution is 6.05. The number of oxazole rings is 1. The van der Waals surface area contributed by atoms with Gasteiger partial charge in [0, 0.05) is 37.4 Å². The van der Waals surface area contributed by atoms with E-state index in [9.17, 15) is 14.9 Å². The summed E-state index contributed by atoms with van der Waals surface area (Å²) in [7, 11) is 1.54. The van der Waals surface area contributed by atoms with Gasteiger partial charge in [-0.1, -0.05) is 6.92 Å². The maximum atomic E-state index is 12.5. The third kappa shape index (κ3) is 4.26. The second-order valence-corrected chi connectivity index (χ2v) is 6.01. The molecule has 0 aliphatic rings. The monoisotopic (exact) mass is 384 g/mol. The summed E-state index contributed by atoms with van der Waals surface area (Å²) < 4.78 is 10.5. The molecule has 28 heavy (non-hydrogen) atoms. The minimum atomic E-state index is -0.528. The molecular weight excluding hydrogens is 364 g/mol. The third-order valence-corrected chi connectivity index (χ3v) is 4.07.